The number of unbranched alkanes of at least 4 members (excludes halogenated alkanes) is 1. The minimum atomic E-state index is -0.745. The predicted molar refractivity (Wildman–Crippen MR) is 162 cm³/mol. The van der Waals surface area contributed by atoms with E-state index in [1.54, 1.807) is 6.07 Å². The zero-order valence-corrected chi connectivity index (χ0v) is 24.6. The van der Waals surface area contributed by atoms with Crippen molar-refractivity contribution in [2.45, 2.75) is 57.7 Å². The number of carbonyl (C=O) groups is 2. The highest BCUT2D eigenvalue weighted by atomic mass is 16.4. The van der Waals surface area contributed by atoms with Crippen LogP contribution in [0.15, 0.2) is 61.2 Å². The normalized spacial score (nSPS) is 21.8. The van der Waals surface area contributed by atoms with Crippen LogP contribution in [0.25, 0.3) is 0 Å². The zero-order valence-electron chi connectivity index (χ0n) is 24.6. The number of carboxylic acid groups (broad SMARTS) is 1. The predicted octanol–water partition coefficient (Wildman–Crippen LogP) is 4.47. The van der Waals surface area contributed by atoms with Gasteiger partial charge in [-0.15, -0.1) is 6.58 Å². The van der Waals surface area contributed by atoms with E-state index in [0.717, 1.165) is 63.2 Å². The molecule has 222 valence electrons. The van der Waals surface area contributed by atoms with Gasteiger partial charge in [-0.25, -0.2) is 0 Å². The molecule has 2 heterocycles. The van der Waals surface area contributed by atoms with Crippen LogP contribution in [0.4, 0.5) is 0 Å². The first-order valence-corrected chi connectivity index (χ1v) is 15.0. The molecule has 8 nitrogen and oxygen atoms in total. The third-order valence-corrected chi connectivity index (χ3v) is 8.48. The van der Waals surface area contributed by atoms with Gasteiger partial charge in [-0.1, -0.05) is 30.3 Å². The van der Waals surface area contributed by atoms with Gasteiger partial charge in [-0.05, 0) is 81.6 Å². The number of piperazine rings is 1. The van der Waals surface area contributed by atoms with Gasteiger partial charge >= 0.3 is 5.97 Å². The van der Waals surface area contributed by atoms with Gasteiger partial charge in [0.15, 0.2) is 0 Å². The lowest BCUT2D eigenvalue weighted by Crippen LogP contribution is -2.57. The summed E-state index contributed by atoms with van der Waals surface area (Å²) in [5, 5.41) is 19.2. The molecule has 1 amide bonds. The first-order valence-electron chi connectivity index (χ1n) is 15.0. The number of phenolic OH excluding ortho intramolecular Hbond substituents is 1. The second kappa shape index (κ2) is 14.6. The second-order valence-corrected chi connectivity index (χ2v) is 11.6. The Balaban J connectivity index is 1.52. The number of carboxylic acids is 1. The quantitative estimate of drug-likeness (QED) is 0.309. The minimum absolute atomic E-state index is 0.0476. The van der Waals surface area contributed by atoms with Crippen LogP contribution in [0, 0.1) is 0 Å². The summed E-state index contributed by atoms with van der Waals surface area (Å²) in [6, 6.07) is 16.0. The number of hydrogen-bond donors (Lipinski definition) is 2. The van der Waals surface area contributed by atoms with E-state index >= 15 is 0 Å². The molecule has 2 aliphatic rings. The standard InChI is InChI=1S/C33H46N4O4/c1-4-15-36-23-26(3)37(24-25(36)2)32(28-11-8-13-30(38)22-28)27-10-7-12-29(21-27)33(41)35-18-9-17-34(19-20-35)16-6-5-14-31(39)40/h4,7-8,10-13,21-22,25-26,32,38H,1,5-6,9,14-20,23-24H2,2-3H3,(H,39,40)/t25-,26+,32-/m1/s1. The van der Waals surface area contributed by atoms with E-state index < -0.39 is 5.97 Å². The number of phenols is 1. The molecule has 41 heavy (non-hydrogen) atoms. The van der Waals surface area contributed by atoms with Crippen LogP contribution in [-0.2, 0) is 4.79 Å². The number of aliphatic carboxylic acids is 1. The molecule has 2 fully saturated rings. The molecule has 0 aliphatic carbocycles. The fourth-order valence-corrected chi connectivity index (χ4v) is 6.31. The summed E-state index contributed by atoms with van der Waals surface area (Å²) < 4.78 is 0. The maximum absolute atomic E-state index is 13.7. The van der Waals surface area contributed by atoms with Gasteiger partial charge < -0.3 is 20.0 Å². The molecule has 0 bridgehead atoms. The van der Waals surface area contributed by atoms with Crippen LogP contribution in [0.3, 0.4) is 0 Å². The summed E-state index contributed by atoms with van der Waals surface area (Å²) in [6.45, 7) is 15.0. The maximum atomic E-state index is 13.7. The van der Waals surface area contributed by atoms with Crippen LogP contribution < -0.4 is 0 Å². The van der Waals surface area contributed by atoms with Gasteiger partial charge in [0.05, 0.1) is 6.04 Å². The molecule has 0 spiro atoms. The van der Waals surface area contributed by atoms with Crippen molar-refractivity contribution in [1.29, 1.82) is 0 Å². The molecule has 2 saturated heterocycles. The van der Waals surface area contributed by atoms with Gasteiger partial charge in [0.25, 0.3) is 5.91 Å². The van der Waals surface area contributed by atoms with Crippen molar-refractivity contribution >= 4 is 11.9 Å². The molecule has 0 saturated carbocycles. The van der Waals surface area contributed by atoms with Gasteiger partial charge in [-0.2, -0.15) is 0 Å². The molecular weight excluding hydrogens is 516 g/mol. The van der Waals surface area contributed by atoms with Crippen molar-refractivity contribution in [3.05, 3.63) is 77.9 Å². The Hall–Kier alpha value is -3.20. The molecule has 4 rings (SSSR count). The highest BCUT2D eigenvalue weighted by molar-refractivity contribution is 5.94. The fourth-order valence-electron chi connectivity index (χ4n) is 6.31. The third-order valence-electron chi connectivity index (χ3n) is 8.48. The summed E-state index contributed by atoms with van der Waals surface area (Å²) >= 11 is 0. The van der Waals surface area contributed by atoms with Crippen molar-refractivity contribution in [1.82, 2.24) is 19.6 Å². The summed E-state index contributed by atoms with van der Waals surface area (Å²) in [6.07, 6.45) is 4.61. The number of rotatable bonds is 11. The lowest BCUT2D eigenvalue weighted by Gasteiger charge is -2.47. The Bertz CT molecular complexity index is 1190. The van der Waals surface area contributed by atoms with Gasteiger partial charge in [0, 0.05) is 63.3 Å². The maximum Gasteiger partial charge on any atom is 0.303 e. The highest BCUT2D eigenvalue weighted by Gasteiger charge is 2.35. The molecule has 8 heteroatoms. The average Bonchev–Trinajstić information content (AvgIpc) is 3.19. The SMILES string of the molecule is C=CCN1C[C@H](C)N([C@@H](c2cccc(O)c2)c2cccc(C(=O)N3CCCN(CCCCC(=O)O)CC3)c2)C[C@H]1C. The molecule has 0 unspecified atom stereocenters. The van der Waals surface area contributed by atoms with E-state index in [4.69, 9.17) is 5.11 Å². The lowest BCUT2D eigenvalue weighted by molar-refractivity contribution is -0.137. The van der Waals surface area contributed by atoms with Gasteiger partial charge in [0.1, 0.15) is 5.75 Å². The zero-order chi connectivity index (χ0) is 29.4. The molecule has 0 aromatic heterocycles. The van der Waals surface area contributed by atoms with Crippen LogP contribution in [0.1, 0.15) is 67.1 Å². The minimum Gasteiger partial charge on any atom is -0.508 e. The first-order chi connectivity index (χ1) is 19.8. The van der Waals surface area contributed by atoms with E-state index in [1.165, 1.54) is 0 Å². The van der Waals surface area contributed by atoms with E-state index in [2.05, 4.69) is 47.3 Å². The van der Waals surface area contributed by atoms with Crippen LogP contribution in [0.5, 0.6) is 5.75 Å². The third kappa shape index (κ3) is 8.18. The summed E-state index contributed by atoms with van der Waals surface area (Å²) in [4.78, 5) is 33.8. The second-order valence-electron chi connectivity index (χ2n) is 11.6. The number of benzene rings is 2. The number of carbonyl (C=O) groups excluding carboxylic acids is 1. The lowest BCUT2D eigenvalue weighted by atomic mass is 9.92. The monoisotopic (exact) mass is 562 g/mol. The molecule has 2 aromatic rings. The van der Waals surface area contributed by atoms with Crippen molar-refractivity contribution in [2.24, 2.45) is 0 Å². The summed E-state index contributed by atoms with van der Waals surface area (Å²) in [7, 11) is 0. The van der Waals surface area contributed by atoms with Crippen molar-refractivity contribution in [2.75, 3.05) is 52.4 Å². The number of aromatic hydroxyl groups is 1. The fraction of sp³-hybridized carbons (Fsp3) is 0.515. The molecule has 2 aromatic carbocycles. The van der Waals surface area contributed by atoms with E-state index in [9.17, 15) is 14.7 Å². The van der Waals surface area contributed by atoms with E-state index in [0.29, 0.717) is 31.1 Å². The largest absolute Gasteiger partial charge is 0.508 e. The molecule has 3 atom stereocenters. The topological polar surface area (TPSA) is 87.6 Å². The molecule has 2 N–H and O–H groups in total. The van der Waals surface area contributed by atoms with Crippen LogP contribution >= 0.6 is 0 Å². The van der Waals surface area contributed by atoms with Crippen LogP contribution in [-0.4, -0.2) is 106 Å². The summed E-state index contributed by atoms with van der Waals surface area (Å²) in [5.74, 6) is -0.459. The number of nitrogens with zero attached hydrogens (tertiary/aromatic N) is 4. The Morgan fingerprint density at radius 2 is 1.73 bits per heavy atom. The molecule has 0 radical (unpaired) electrons. The van der Waals surface area contributed by atoms with Crippen molar-refractivity contribution in [3.8, 4) is 5.75 Å². The number of hydrogen-bond acceptors (Lipinski definition) is 6. The van der Waals surface area contributed by atoms with E-state index in [1.807, 2.05) is 41.3 Å². The average molecular weight is 563 g/mol. The Morgan fingerprint density at radius 3 is 2.46 bits per heavy atom. The molecular formula is C33H46N4O4. The smallest absolute Gasteiger partial charge is 0.303 e. The van der Waals surface area contributed by atoms with E-state index in [-0.39, 0.29) is 30.2 Å². The Morgan fingerprint density at radius 1 is 0.976 bits per heavy atom. The van der Waals surface area contributed by atoms with Gasteiger partial charge in [-0.3, -0.25) is 19.4 Å². The number of amides is 1. The highest BCUT2D eigenvalue weighted by Crippen LogP contribution is 2.35. The Labute approximate surface area is 244 Å². The van der Waals surface area contributed by atoms with Gasteiger partial charge in [0.2, 0.25) is 0 Å². The first kappa shape index (κ1) is 30.8. The Kier molecular flexibility index (Phi) is 11.0. The van der Waals surface area contributed by atoms with Crippen LogP contribution in [0.2, 0.25) is 0 Å². The van der Waals surface area contributed by atoms with Crippen molar-refractivity contribution in [3.63, 3.8) is 0 Å². The van der Waals surface area contributed by atoms with Crippen molar-refractivity contribution < 1.29 is 19.8 Å². The summed E-state index contributed by atoms with van der Waals surface area (Å²) in [5.41, 5.74) is 2.75. The molecule has 2 aliphatic heterocycles.